The first kappa shape index (κ1) is 39.3. The highest BCUT2D eigenvalue weighted by Crippen LogP contribution is 2.51. The highest BCUT2D eigenvalue weighted by molar-refractivity contribution is 7.47. The number of aliphatic hydroxyl groups excluding tert-OH is 6. The van der Waals surface area contributed by atoms with Gasteiger partial charge in [-0.1, -0.05) is 18.6 Å². The number of carbonyl (C=O) groups is 2. The molecule has 50 heavy (non-hydrogen) atoms. The largest absolute Gasteiger partial charge is 0.477 e. The van der Waals surface area contributed by atoms with Crippen LogP contribution < -0.4 is 16.7 Å². The van der Waals surface area contributed by atoms with Crippen LogP contribution in [0, 0.1) is 0 Å². The number of rotatable bonds is 16. The third-order valence-corrected chi connectivity index (χ3v) is 8.95. The highest BCUT2D eigenvalue weighted by Gasteiger charge is 2.59. The fourth-order valence-corrected chi connectivity index (χ4v) is 6.31. The SMILES string of the molecule is CCCCc1cn(CC(=O)N[C@H]2[C@H]([C@H](O)[C@H](O)CO)O[C@](OP(=O)(O)OC[C@H]3O[C@@H](n4ccc(N)nc4=O)[C@H](O)[C@@H]3O)(C(=O)O)C[C@@H]2O)nn1. The van der Waals surface area contributed by atoms with Gasteiger partial charge in [-0.05, 0) is 18.9 Å². The second kappa shape index (κ2) is 16.3. The summed E-state index contributed by atoms with van der Waals surface area (Å²) in [5.41, 5.74) is 5.10. The van der Waals surface area contributed by atoms with Crippen molar-refractivity contribution >= 4 is 25.5 Å². The molecule has 4 rings (SSSR count). The van der Waals surface area contributed by atoms with Gasteiger partial charge in [-0.25, -0.2) is 23.4 Å². The van der Waals surface area contributed by atoms with Gasteiger partial charge in [-0.15, -0.1) is 5.10 Å². The molecule has 1 amide bonds. The van der Waals surface area contributed by atoms with E-state index in [2.05, 4.69) is 20.6 Å². The van der Waals surface area contributed by atoms with Crippen LogP contribution in [0.3, 0.4) is 0 Å². The number of aliphatic hydroxyl groups is 6. The maximum atomic E-state index is 13.1. The number of nitrogens with zero attached hydrogens (tertiary/aromatic N) is 5. The van der Waals surface area contributed by atoms with Crippen LogP contribution in [-0.2, 0) is 45.6 Å². The van der Waals surface area contributed by atoms with Gasteiger partial charge in [-0.2, -0.15) is 4.98 Å². The van der Waals surface area contributed by atoms with Crippen LogP contribution in [0.5, 0.6) is 0 Å². The molecule has 11 N–H and O–H groups in total. The van der Waals surface area contributed by atoms with Gasteiger partial charge >= 0.3 is 19.5 Å². The molecule has 0 aliphatic carbocycles. The fraction of sp³-hybridized carbons (Fsp3) is 0.692. The number of amides is 1. The molecular formula is C26H40N7O16P. The predicted molar refractivity (Wildman–Crippen MR) is 161 cm³/mol. The first-order valence-electron chi connectivity index (χ1n) is 15.3. The number of unbranched alkanes of at least 4 members (excludes halogenated alkanes) is 1. The van der Waals surface area contributed by atoms with Crippen LogP contribution in [0.25, 0.3) is 0 Å². The number of carbonyl (C=O) groups excluding carboxylic acids is 1. The third kappa shape index (κ3) is 9.06. The van der Waals surface area contributed by atoms with E-state index >= 15 is 0 Å². The number of hydrogen-bond acceptors (Lipinski definition) is 18. The Labute approximate surface area is 282 Å². The summed E-state index contributed by atoms with van der Waals surface area (Å²) in [5, 5.41) is 82.4. The molecule has 24 heteroatoms. The van der Waals surface area contributed by atoms with Crippen LogP contribution in [-0.4, -0.2) is 145 Å². The predicted octanol–water partition coefficient (Wildman–Crippen LogP) is -4.66. The summed E-state index contributed by atoms with van der Waals surface area (Å²) in [6, 6.07) is -0.475. The summed E-state index contributed by atoms with van der Waals surface area (Å²) in [7, 11) is -5.59. The van der Waals surface area contributed by atoms with E-state index in [1.807, 2.05) is 6.92 Å². The van der Waals surface area contributed by atoms with Crippen LogP contribution in [0.4, 0.5) is 5.82 Å². The van der Waals surface area contributed by atoms with E-state index in [1.54, 1.807) is 0 Å². The number of aromatic nitrogens is 5. The van der Waals surface area contributed by atoms with Crippen molar-refractivity contribution in [1.29, 1.82) is 0 Å². The number of carboxylic acid groups (broad SMARTS) is 1. The second-order valence-electron chi connectivity index (χ2n) is 11.7. The average molecular weight is 738 g/mol. The zero-order valence-corrected chi connectivity index (χ0v) is 27.4. The Bertz CT molecular complexity index is 1600. The zero-order chi connectivity index (χ0) is 37.0. The molecule has 2 aromatic heterocycles. The number of aliphatic carboxylic acids is 1. The number of nitrogens with one attached hydrogen (secondary N) is 1. The number of aryl methyl sites for hydroxylation is 1. The molecule has 23 nitrogen and oxygen atoms in total. The number of nitrogens with two attached hydrogens (primary N) is 1. The van der Waals surface area contributed by atoms with Crippen molar-refractivity contribution in [3.8, 4) is 0 Å². The highest BCUT2D eigenvalue weighted by atomic mass is 31.2. The molecule has 11 atom stereocenters. The van der Waals surface area contributed by atoms with Crippen LogP contribution in [0.15, 0.2) is 23.3 Å². The molecule has 4 heterocycles. The minimum Gasteiger partial charge on any atom is -0.477 e. The van der Waals surface area contributed by atoms with Gasteiger partial charge in [0.25, 0.3) is 5.79 Å². The van der Waals surface area contributed by atoms with E-state index in [1.165, 1.54) is 16.9 Å². The van der Waals surface area contributed by atoms with Crippen LogP contribution >= 0.6 is 7.82 Å². The van der Waals surface area contributed by atoms with Crippen LogP contribution in [0.2, 0.25) is 0 Å². The smallest absolute Gasteiger partial charge is 0.475 e. The minimum absolute atomic E-state index is 0.141. The molecular weight excluding hydrogens is 697 g/mol. The zero-order valence-electron chi connectivity index (χ0n) is 26.5. The molecule has 2 aromatic rings. The maximum absolute atomic E-state index is 13.1. The normalized spacial score (nSPS) is 30.8. The Morgan fingerprint density at radius 2 is 1.98 bits per heavy atom. The maximum Gasteiger partial charge on any atom is 0.475 e. The first-order valence-corrected chi connectivity index (χ1v) is 16.8. The van der Waals surface area contributed by atoms with Gasteiger partial charge in [0.2, 0.25) is 5.91 Å². The molecule has 2 fully saturated rings. The van der Waals surface area contributed by atoms with Gasteiger partial charge in [0.1, 0.15) is 49.0 Å². The van der Waals surface area contributed by atoms with Crippen molar-refractivity contribution < 1.29 is 73.3 Å². The van der Waals surface area contributed by atoms with E-state index in [4.69, 9.17) is 24.3 Å². The summed E-state index contributed by atoms with van der Waals surface area (Å²) < 4.78 is 35.6. The van der Waals surface area contributed by atoms with Crippen molar-refractivity contribution in [1.82, 2.24) is 29.9 Å². The Balaban J connectivity index is 1.48. The number of hydrogen-bond donors (Lipinski definition) is 10. The molecule has 0 bridgehead atoms. The Kier molecular flexibility index (Phi) is 12.8. The number of phosphoric ester groups is 1. The molecule has 0 spiro atoms. The van der Waals surface area contributed by atoms with Gasteiger partial charge < -0.3 is 61.2 Å². The van der Waals surface area contributed by atoms with E-state index in [9.17, 15) is 59.6 Å². The monoisotopic (exact) mass is 737 g/mol. The minimum atomic E-state index is -5.59. The number of carboxylic acids is 1. The van der Waals surface area contributed by atoms with Gasteiger partial charge in [0, 0.05) is 18.8 Å². The topological polar surface area (TPSA) is 354 Å². The van der Waals surface area contributed by atoms with E-state index < -0.39 is 112 Å². The Morgan fingerprint density at radius 3 is 2.62 bits per heavy atom. The van der Waals surface area contributed by atoms with Crippen molar-refractivity contribution in [3.05, 3.63) is 34.6 Å². The lowest BCUT2D eigenvalue weighted by Crippen LogP contribution is -2.68. The molecule has 0 radical (unpaired) electrons. The molecule has 1 unspecified atom stereocenters. The van der Waals surface area contributed by atoms with Gasteiger partial charge in [0.05, 0.1) is 31.1 Å². The van der Waals surface area contributed by atoms with E-state index in [-0.39, 0.29) is 5.82 Å². The summed E-state index contributed by atoms with van der Waals surface area (Å²) in [5.74, 6) is -6.35. The molecule has 2 aliphatic heterocycles. The summed E-state index contributed by atoms with van der Waals surface area (Å²) in [6.07, 6.45) is -11.2. The van der Waals surface area contributed by atoms with E-state index in [0.29, 0.717) is 12.1 Å². The van der Waals surface area contributed by atoms with E-state index in [0.717, 1.165) is 23.6 Å². The van der Waals surface area contributed by atoms with Crippen LogP contribution in [0.1, 0.15) is 38.1 Å². The summed E-state index contributed by atoms with van der Waals surface area (Å²) in [4.78, 5) is 51.5. The Hall–Kier alpha value is -3.45. The summed E-state index contributed by atoms with van der Waals surface area (Å²) >= 11 is 0. The number of phosphoric acid groups is 1. The molecule has 0 aromatic carbocycles. The first-order chi connectivity index (χ1) is 23.5. The summed E-state index contributed by atoms with van der Waals surface area (Å²) in [6.45, 7) is -0.583. The molecule has 2 aliphatic rings. The standard InChI is InChI=1S/C26H40N7O16P/c1-2-3-4-12-8-32(31-30-12)9-17(37)29-18-13(35)7-26(24(41)42,48-22(18)19(38)14(36)10-34)49-50(44,45)46-11-15-20(39)21(40)23(47-15)33-6-5-16(27)28-25(33)43/h5-6,8,13-15,18-23,34-36,38-40H,2-4,7,9-11H2,1H3,(H,29,37)(H,41,42)(H,44,45)(H2,27,28,43)/t13-,14+,15+,18+,19+,20+,21+,22+,23+,26+/m0/s1. The average Bonchev–Trinajstić information content (AvgIpc) is 3.61. The quantitative estimate of drug-likeness (QED) is 0.0724. The van der Waals surface area contributed by atoms with Crippen molar-refractivity contribution in [2.75, 3.05) is 18.9 Å². The van der Waals surface area contributed by atoms with Gasteiger partial charge in [0.15, 0.2) is 6.23 Å². The van der Waals surface area contributed by atoms with Gasteiger partial charge in [-0.3, -0.25) is 13.9 Å². The lowest BCUT2D eigenvalue weighted by atomic mass is 9.88. The molecule has 2 saturated heterocycles. The fourth-order valence-electron chi connectivity index (χ4n) is 5.35. The lowest BCUT2D eigenvalue weighted by Gasteiger charge is -2.46. The van der Waals surface area contributed by atoms with Crippen molar-refractivity contribution in [2.24, 2.45) is 0 Å². The second-order valence-corrected chi connectivity index (χ2v) is 13.1. The number of ether oxygens (including phenoxy) is 2. The number of anilines is 1. The molecule has 0 saturated carbocycles. The number of nitrogen functional groups attached to an aromatic ring is 1. The van der Waals surface area contributed by atoms with Crippen molar-refractivity contribution in [3.63, 3.8) is 0 Å². The lowest BCUT2D eigenvalue weighted by molar-refractivity contribution is -0.289. The molecule has 280 valence electrons. The Morgan fingerprint density at radius 1 is 1.26 bits per heavy atom. The third-order valence-electron chi connectivity index (χ3n) is 7.95. The van der Waals surface area contributed by atoms with Crippen molar-refractivity contribution in [2.45, 2.75) is 99.9 Å².